The summed E-state index contributed by atoms with van der Waals surface area (Å²) in [7, 11) is 0. The second kappa shape index (κ2) is 11.0. The first-order valence-electron chi connectivity index (χ1n) is 9.96. The molecule has 0 aliphatic rings. The molecule has 1 amide bonds. The Morgan fingerprint density at radius 3 is 2.56 bits per heavy atom. The maximum atomic E-state index is 13.2. The number of carbonyl (C=O) groups excluding carboxylic acids is 1. The monoisotopic (exact) mass is 496 g/mol. The highest BCUT2D eigenvalue weighted by Crippen LogP contribution is 2.28. The van der Waals surface area contributed by atoms with E-state index in [1.54, 1.807) is 30.3 Å². The van der Waals surface area contributed by atoms with Crippen molar-refractivity contribution in [3.05, 3.63) is 64.2 Å². The Hall–Kier alpha value is -2.29. The fourth-order valence-corrected chi connectivity index (χ4v) is 4.02. The van der Waals surface area contributed by atoms with Crippen molar-refractivity contribution in [2.45, 2.75) is 38.6 Å². The van der Waals surface area contributed by atoms with Crippen LogP contribution in [0.5, 0.6) is 5.75 Å². The zero-order chi connectivity index (χ0) is 23.3. The van der Waals surface area contributed by atoms with Crippen LogP contribution in [0.15, 0.2) is 47.6 Å². The number of hydrogen-bond donors (Lipinski definition) is 1. The average Bonchev–Trinajstić information content (AvgIpc) is 3.13. The van der Waals surface area contributed by atoms with Gasteiger partial charge in [0.2, 0.25) is 5.91 Å². The lowest BCUT2D eigenvalue weighted by Gasteiger charge is -2.18. The molecule has 1 atom stereocenters. The van der Waals surface area contributed by atoms with Gasteiger partial charge in [0.25, 0.3) is 0 Å². The van der Waals surface area contributed by atoms with Crippen LogP contribution in [0.2, 0.25) is 10.0 Å². The Morgan fingerprint density at radius 1 is 1.16 bits per heavy atom. The van der Waals surface area contributed by atoms with Crippen LogP contribution in [0, 0.1) is 11.7 Å². The quantitative estimate of drug-likeness (QED) is 0.354. The highest BCUT2D eigenvalue weighted by molar-refractivity contribution is 7.99. The predicted molar refractivity (Wildman–Crippen MR) is 126 cm³/mol. The molecule has 3 rings (SSSR count). The lowest BCUT2D eigenvalue weighted by Crippen LogP contribution is -2.17. The Balaban J connectivity index is 1.70. The van der Waals surface area contributed by atoms with Crippen molar-refractivity contribution in [1.82, 2.24) is 14.8 Å². The smallest absolute Gasteiger partial charge is 0.234 e. The molecule has 170 valence electrons. The molecule has 1 N–H and O–H groups in total. The van der Waals surface area contributed by atoms with Gasteiger partial charge >= 0.3 is 0 Å². The van der Waals surface area contributed by atoms with Gasteiger partial charge in [-0.05, 0) is 55.3 Å². The molecule has 1 heterocycles. The number of anilines is 1. The fraction of sp³-hybridized carbons (Fsp3) is 0.318. The first-order chi connectivity index (χ1) is 15.2. The van der Waals surface area contributed by atoms with E-state index in [9.17, 15) is 9.18 Å². The Labute approximate surface area is 200 Å². The summed E-state index contributed by atoms with van der Waals surface area (Å²) in [5.74, 6) is 1.03. The molecule has 0 aliphatic heterocycles. The zero-order valence-corrected chi connectivity index (χ0v) is 20.1. The molecule has 32 heavy (non-hydrogen) atoms. The third kappa shape index (κ3) is 6.60. The molecule has 0 bridgehead atoms. The van der Waals surface area contributed by atoms with Crippen LogP contribution in [0.4, 0.5) is 10.1 Å². The fourth-order valence-electron chi connectivity index (χ4n) is 2.92. The van der Waals surface area contributed by atoms with Crippen LogP contribution < -0.4 is 10.1 Å². The van der Waals surface area contributed by atoms with E-state index in [1.807, 2.05) is 11.5 Å². The predicted octanol–water partition coefficient (Wildman–Crippen LogP) is 6.25. The van der Waals surface area contributed by atoms with Gasteiger partial charge in [-0.1, -0.05) is 48.8 Å². The largest absolute Gasteiger partial charge is 0.483 e. The molecular formula is C22H23Cl2FN4O2S. The molecule has 3 aromatic rings. The SMILES string of the molecule is CC(C)Cn1c(SCC(=O)Nc2cc(Cl)ccc2Cl)nnc1C(C)Oc1ccc(F)cc1. The molecule has 0 saturated carbocycles. The summed E-state index contributed by atoms with van der Waals surface area (Å²) in [4.78, 5) is 12.4. The molecule has 0 fully saturated rings. The molecule has 1 aromatic heterocycles. The summed E-state index contributed by atoms with van der Waals surface area (Å²) >= 11 is 13.4. The van der Waals surface area contributed by atoms with Crippen molar-refractivity contribution in [3.8, 4) is 5.75 Å². The molecule has 0 saturated heterocycles. The van der Waals surface area contributed by atoms with Crippen LogP contribution in [-0.4, -0.2) is 26.4 Å². The van der Waals surface area contributed by atoms with E-state index >= 15 is 0 Å². The van der Waals surface area contributed by atoms with E-state index in [0.29, 0.717) is 44.9 Å². The number of halogens is 3. The van der Waals surface area contributed by atoms with Gasteiger partial charge < -0.3 is 14.6 Å². The highest BCUT2D eigenvalue weighted by Gasteiger charge is 2.21. The summed E-state index contributed by atoms with van der Waals surface area (Å²) in [6.07, 6.45) is -0.417. The summed E-state index contributed by atoms with van der Waals surface area (Å²) in [5, 5.41) is 12.8. The van der Waals surface area contributed by atoms with Gasteiger partial charge in [-0.3, -0.25) is 4.79 Å². The van der Waals surface area contributed by atoms with Crippen molar-refractivity contribution in [2.24, 2.45) is 5.92 Å². The standard InChI is InChI=1S/C22H23Cl2FN4O2S/c1-13(2)11-29-21(14(3)31-17-7-5-16(25)6-8-17)27-28-22(29)32-12-20(30)26-19-10-15(23)4-9-18(19)24/h4-10,13-14H,11-12H2,1-3H3,(H,26,30). The van der Waals surface area contributed by atoms with Gasteiger partial charge in [-0.2, -0.15) is 0 Å². The van der Waals surface area contributed by atoms with Gasteiger partial charge in [-0.15, -0.1) is 10.2 Å². The summed E-state index contributed by atoms with van der Waals surface area (Å²) in [5.41, 5.74) is 0.454. The van der Waals surface area contributed by atoms with Gasteiger partial charge in [0.1, 0.15) is 11.6 Å². The number of ether oxygens (including phenoxy) is 1. The summed E-state index contributed by atoms with van der Waals surface area (Å²) in [6, 6.07) is 10.7. The van der Waals surface area contributed by atoms with Crippen LogP contribution in [-0.2, 0) is 11.3 Å². The Morgan fingerprint density at radius 2 is 1.88 bits per heavy atom. The van der Waals surface area contributed by atoms with Crippen molar-refractivity contribution >= 4 is 46.6 Å². The average molecular weight is 497 g/mol. The van der Waals surface area contributed by atoms with Crippen molar-refractivity contribution in [2.75, 3.05) is 11.1 Å². The maximum absolute atomic E-state index is 13.2. The number of nitrogens with one attached hydrogen (secondary N) is 1. The van der Waals surface area contributed by atoms with Gasteiger partial charge in [0, 0.05) is 11.6 Å². The minimum atomic E-state index is -0.417. The number of nitrogens with zero attached hydrogens (tertiary/aromatic N) is 3. The number of amides is 1. The third-order valence-corrected chi connectivity index (χ3v) is 5.85. The Kier molecular flexibility index (Phi) is 8.39. The van der Waals surface area contributed by atoms with Gasteiger partial charge in [-0.25, -0.2) is 4.39 Å². The van der Waals surface area contributed by atoms with Crippen molar-refractivity contribution in [3.63, 3.8) is 0 Å². The first-order valence-corrected chi connectivity index (χ1v) is 11.7. The number of rotatable bonds is 9. The van der Waals surface area contributed by atoms with Crippen LogP contribution >= 0.6 is 35.0 Å². The molecule has 1 unspecified atom stereocenters. The molecule has 0 spiro atoms. The van der Waals surface area contributed by atoms with E-state index in [4.69, 9.17) is 27.9 Å². The third-order valence-electron chi connectivity index (χ3n) is 4.32. The number of benzene rings is 2. The number of carbonyl (C=O) groups is 1. The van der Waals surface area contributed by atoms with Crippen LogP contribution in [0.1, 0.15) is 32.7 Å². The molecule has 0 aliphatic carbocycles. The van der Waals surface area contributed by atoms with E-state index in [-0.39, 0.29) is 17.5 Å². The van der Waals surface area contributed by atoms with E-state index < -0.39 is 6.10 Å². The second-order valence-corrected chi connectivity index (χ2v) is 9.31. The van der Waals surface area contributed by atoms with Gasteiger partial charge in [0.15, 0.2) is 17.1 Å². The highest BCUT2D eigenvalue weighted by atomic mass is 35.5. The van der Waals surface area contributed by atoms with E-state index in [1.165, 1.54) is 23.9 Å². The first kappa shape index (κ1) is 24.4. The zero-order valence-electron chi connectivity index (χ0n) is 17.8. The van der Waals surface area contributed by atoms with E-state index in [2.05, 4.69) is 29.4 Å². The molecule has 0 radical (unpaired) electrons. The Bertz CT molecular complexity index is 1080. The lowest BCUT2D eigenvalue weighted by molar-refractivity contribution is -0.113. The summed E-state index contributed by atoms with van der Waals surface area (Å²) < 4.78 is 21.0. The molecular weight excluding hydrogens is 474 g/mol. The lowest BCUT2D eigenvalue weighted by atomic mass is 10.2. The molecule has 2 aromatic carbocycles. The minimum absolute atomic E-state index is 0.117. The molecule has 6 nitrogen and oxygen atoms in total. The number of hydrogen-bond acceptors (Lipinski definition) is 5. The minimum Gasteiger partial charge on any atom is -0.483 e. The van der Waals surface area contributed by atoms with Crippen LogP contribution in [0.25, 0.3) is 0 Å². The number of aromatic nitrogens is 3. The normalized spacial score (nSPS) is 12.1. The van der Waals surface area contributed by atoms with E-state index in [0.717, 1.165) is 0 Å². The molecule has 10 heteroatoms. The second-order valence-electron chi connectivity index (χ2n) is 7.52. The topological polar surface area (TPSA) is 69.0 Å². The van der Waals surface area contributed by atoms with Crippen molar-refractivity contribution < 1.29 is 13.9 Å². The summed E-state index contributed by atoms with van der Waals surface area (Å²) in [6.45, 7) is 6.67. The van der Waals surface area contributed by atoms with Crippen LogP contribution in [0.3, 0.4) is 0 Å². The number of thioether (sulfide) groups is 1. The van der Waals surface area contributed by atoms with Gasteiger partial charge in [0.05, 0.1) is 16.5 Å². The van der Waals surface area contributed by atoms with Crippen molar-refractivity contribution in [1.29, 1.82) is 0 Å². The maximum Gasteiger partial charge on any atom is 0.234 e.